The van der Waals surface area contributed by atoms with Gasteiger partial charge in [-0.3, -0.25) is 4.79 Å². The molecule has 1 rings (SSSR count). The summed E-state index contributed by atoms with van der Waals surface area (Å²) >= 11 is 24.4. The molecule has 1 amide bonds. The normalized spacial score (nSPS) is 12.4. The van der Waals surface area contributed by atoms with E-state index in [0.717, 1.165) is 9.26 Å². The third kappa shape index (κ3) is 6.31. The first-order chi connectivity index (χ1) is 8.82. The van der Waals surface area contributed by atoms with Gasteiger partial charge in [0.05, 0.1) is 0 Å². The first-order valence-electron chi connectivity index (χ1n) is 4.92. The van der Waals surface area contributed by atoms with Gasteiger partial charge in [-0.15, -0.1) is 0 Å². The molecule has 0 aliphatic carbocycles. The van der Waals surface area contributed by atoms with E-state index in [1.54, 1.807) is 0 Å². The van der Waals surface area contributed by atoms with E-state index in [4.69, 9.17) is 47.0 Å². The highest BCUT2D eigenvalue weighted by atomic mass is 127. The molecule has 3 N–H and O–H groups in total. The Balaban J connectivity index is 2.62. The number of nitrogens with one attached hydrogen (secondary N) is 3. The van der Waals surface area contributed by atoms with E-state index >= 15 is 0 Å². The second kappa shape index (κ2) is 7.68. The molecule has 0 heterocycles. The van der Waals surface area contributed by atoms with Crippen LogP contribution >= 0.6 is 69.6 Å². The van der Waals surface area contributed by atoms with Crippen LogP contribution in [0, 0.1) is 3.57 Å². The summed E-state index contributed by atoms with van der Waals surface area (Å²) in [5, 5.41) is 8.18. The average Bonchev–Trinajstić information content (AvgIpc) is 2.30. The van der Waals surface area contributed by atoms with Gasteiger partial charge in [0.2, 0.25) is 10.2 Å². The van der Waals surface area contributed by atoms with Crippen molar-refractivity contribution in [1.29, 1.82) is 0 Å². The highest BCUT2D eigenvalue weighted by molar-refractivity contribution is 14.1. The number of benzene rings is 1. The fraction of sp³-hybridized carbons (Fsp3) is 0.200. The molecular weight excluding hydrogens is 443 g/mol. The minimum atomic E-state index is -1.72. The van der Waals surface area contributed by atoms with Crippen LogP contribution < -0.4 is 16.0 Å². The van der Waals surface area contributed by atoms with Crippen LogP contribution in [0.2, 0.25) is 0 Å². The topological polar surface area (TPSA) is 53.2 Å². The number of thiocarbonyl (C=S) groups is 1. The zero-order valence-electron chi connectivity index (χ0n) is 9.29. The first kappa shape index (κ1) is 17.0. The Morgan fingerprint density at radius 2 is 1.89 bits per heavy atom. The standard InChI is InChI=1S/C10H9Cl3IN3OS/c11-10(12,13)8(15-5-18)17-9(19)16-7-3-1-6(14)2-4-7/h1-5,8H,(H,15,18)(H2,16,17,19). The summed E-state index contributed by atoms with van der Waals surface area (Å²) in [5.41, 5.74) is 0.784. The molecule has 0 aliphatic heterocycles. The predicted octanol–water partition coefficient (Wildman–Crippen LogP) is 3.02. The highest BCUT2D eigenvalue weighted by Crippen LogP contribution is 2.28. The molecule has 9 heteroatoms. The van der Waals surface area contributed by atoms with Crippen LogP contribution in [-0.4, -0.2) is 21.5 Å². The maximum atomic E-state index is 10.4. The zero-order valence-corrected chi connectivity index (χ0v) is 14.5. The monoisotopic (exact) mass is 451 g/mol. The number of anilines is 1. The van der Waals surface area contributed by atoms with Crippen LogP contribution in [0.15, 0.2) is 24.3 Å². The van der Waals surface area contributed by atoms with Crippen molar-refractivity contribution >= 4 is 86.8 Å². The van der Waals surface area contributed by atoms with Gasteiger partial charge >= 0.3 is 0 Å². The highest BCUT2D eigenvalue weighted by Gasteiger charge is 2.32. The molecule has 0 aliphatic rings. The number of hydrogen-bond donors (Lipinski definition) is 3. The molecule has 19 heavy (non-hydrogen) atoms. The molecule has 1 unspecified atom stereocenters. The van der Waals surface area contributed by atoms with Crippen molar-refractivity contribution < 1.29 is 4.79 Å². The number of rotatable bonds is 4. The SMILES string of the molecule is O=CNC(NC(=S)Nc1ccc(I)cc1)C(Cl)(Cl)Cl. The molecule has 0 aromatic heterocycles. The summed E-state index contributed by atoms with van der Waals surface area (Å²) in [6.45, 7) is 0. The van der Waals surface area contributed by atoms with E-state index in [2.05, 4.69) is 38.5 Å². The van der Waals surface area contributed by atoms with Gasteiger partial charge < -0.3 is 16.0 Å². The van der Waals surface area contributed by atoms with Crippen LogP contribution in [0.5, 0.6) is 0 Å². The zero-order chi connectivity index (χ0) is 14.5. The summed E-state index contributed by atoms with van der Waals surface area (Å²) in [7, 11) is 0. The number of hydrogen-bond acceptors (Lipinski definition) is 2. The molecule has 0 spiro atoms. The largest absolute Gasteiger partial charge is 0.339 e. The molecule has 1 atom stereocenters. The minimum Gasteiger partial charge on any atom is -0.339 e. The molecule has 0 saturated carbocycles. The first-order valence-corrected chi connectivity index (χ1v) is 7.54. The van der Waals surface area contributed by atoms with Gasteiger partial charge in [0.15, 0.2) is 5.11 Å². The third-order valence-electron chi connectivity index (χ3n) is 1.94. The minimum absolute atomic E-state index is 0.229. The van der Waals surface area contributed by atoms with Gasteiger partial charge in [-0.05, 0) is 59.1 Å². The summed E-state index contributed by atoms with van der Waals surface area (Å²) in [4.78, 5) is 10.4. The fourth-order valence-electron chi connectivity index (χ4n) is 1.12. The van der Waals surface area contributed by atoms with Gasteiger partial charge in [0.25, 0.3) is 0 Å². The lowest BCUT2D eigenvalue weighted by Gasteiger charge is -2.26. The van der Waals surface area contributed by atoms with Crippen molar-refractivity contribution in [3.05, 3.63) is 27.8 Å². The van der Waals surface area contributed by atoms with Gasteiger partial charge in [-0.1, -0.05) is 34.8 Å². The van der Waals surface area contributed by atoms with E-state index in [-0.39, 0.29) is 5.11 Å². The lowest BCUT2D eigenvalue weighted by atomic mass is 10.3. The number of amides is 1. The van der Waals surface area contributed by atoms with Crippen molar-refractivity contribution in [2.75, 3.05) is 5.32 Å². The van der Waals surface area contributed by atoms with Gasteiger partial charge in [0.1, 0.15) is 6.17 Å². The van der Waals surface area contributed by atoms with Crippen molar-refractivity contribution in [2.45, 2.75) is 9.96 Å². The van der Waals surface area contributed by atoms with Gasteiger partial charge in [0, 0.05) is 9.26 Å². The van der Waals surface area contributed by atoms with Crippen molar-refractivity contribution in [3.8, 4) is 0 Å². The summed E-state index contributed by atoms with van der Waals surface area (Å²) < 4.78 is -0.623. The van der Waals surface area contributed by atoms with E-state index in [0.29, 0.717) is 6.41 Å². The number of alkyl halides is 3. The Hall–Kier alpha value is -0.0200. The Bertz CT molecular complexity index is 452. The lowest BCUT2D eigenvalue weighted by Crippen LogP contribution is -2.53. The second-order valence-electron chi connectivity index (χ2n) is 3.36. The molecule has 4 nitrogen and oxygen atoms in total. The maximum absolute atomic E-state index is 10.4. The van der Waals surface area contributed by atoms with E-state index in [1.807, 2.05) is 24.3 Å². The molecule has 0 radical (unpaired) electrons. The molecular formula is C10H9Cl3IN3OS. The van der Waals surface area contributed by atoms with Gasteiger partial charge in [-0.2, -0.15) is 0 Å². The summed E-state index contributed by atoms with van der Waals surface area (Å²) in [5.74, 6) is 0. The van der Waals surface area contributed by atoms with Gasteiger partial charge in [-0.25, -0.2) is 0 Å². The van der Waals surface area contributed by atoms with Crippen LogP contribution in [-0.2, 0) is 4.79 Å². The quantitative estimate of drug-likeness (QED) is 0.216. The second-order valence-corrected chi connectivity index (χ2v) is 7.39. The average molecular weight is 453 g/mol. The Kier molecular flexibility index (Phi) is 6.89. The van der Waals surface area contributed by atoms with E-state index in [9.17, 15) is 4.79 Å². The van der Waals surface area contributed by atoms with Crippen LogP contribution in [0.4, 0.5) is 5.69 Å². The summed E-state index contributed by atoms with van der Waals surface area (Å²) in [6.07, 6.45) is -0.508. The molecule has 1 aromatic carbocycles. The lowest BCUT2D eigenvalue weighted by molar-refractivity contribution is -0.110. The summed E-state index contributed by atoms with van der Waals surface area (Å²) in [6, 6.07) is 7.55. The van der Waals surface area contributed by atoms with Crippen LogP contribution in [0.25, 0.3) is 0 Å². The van der Waals surface area contributed by atoms with Crippen molar-refractivity contribution in [1.82, 2.24) is 10.6 Å². The third-order valence-corrected chi connectivity index (χ3v) is 3.53. The molecule has 0 saturated heterocycles. The Labute approximate surface area is 144 Å². The number of carbonyl (C=O) groups is 1. The van der Waals surface area contributed by atoms with Crippen molar-refractivity contribution in [3.63, 3.8) is 0 Å². The number of halogens is 4. The van der Waals surface area contributed by atoms with E-state index < -0.39 is 9.96 Å². The van der Waals surface area contributed by atoms with E-state index in [1.165, 1.54) is 0 Å². The Morgan fingerprint density at radius 3 is 2.37 bits per heavy atom. The molecule has 104 valence electrons. The molecule has 0 fully saturated rings. The van der Waals surface area contributed by atoms with Crippen molar-refractivity contribution in [2.24, 2.45) is 0 Å². The van der Waals surface area contributed by atoms with Crippen LogP contribution in [0.1, 0.15) is 0 Å². The maximum Gasteiger partial charge on any atom is 0.228 e. The Morgan fingerprint density at radius 1 is 1.32 bits per heavy atom. The fourth-order valence-corrected chi connectivity index (χ4v) is 2.07. The predicted molar refractivity (Wildman–Crippen MR) is 91.8 cm³/mol. The smallest absolute Gasteiger partial charge is 0.228 e. The van der Waals surface area contributed by atoms with Crippen LogP contribution in [0.3, 0.4) is 0 Å². The number of carbonyl (C=O) groups excluding carboxylic acids is 1. The molecule has 0 bridgehead atoms. The molecule has 1 aromatic rings.